The predicted octanol–water partition coefficient (Wildman–Crippen LogP) is 1.65. The molecule has 0 saturated carbocycles. The monoisotopic (exact) mass is 607 g/mol. The van der Waals surface area contributed by atoms with Crippen molar-refractivity contribution in [2.45, 2.75) is 57.4 Å². The van der Waals surface area contributed by atoms with E-state index < -0.39 is 35.8 Å². The summed E-state index contributed by atoms with van der Waals surface area (Å²) in [7, 11) is 0. The van der Waals surface area contributed by atoms with Crippen molar-refractivity contribution in [2.75, 3.05) is 13.2 Å². The van der Waals surface area contributed by atoms with Crippen LogP contribution in [-0.4, -0.2) is 74.8 Å². The number of likely N-dealkylation sites (tertiary alicyclic amines) is 1. The molecule has 0 radical (unpaired) electrons. The normalized spacial score (nSPS) is 22.7. The lowest BCUT2D eigenvalue weighted by atomic mass is 10.00. The summed E-state index contributed by atoms with van der Waals surface area (Å²) in [6, 6.07) is 13.0. The fraction of sp³-hybridized carbons (Fsp3) is 0.400. The Morgan fingerprint density at radius 2 is 1.84 bits per heavy atom. The highest BCUT2D eigenvalue weighted by atomic mass is 35.5. The summed E-state index contributed by atoms with van der Waals surface area (Å²) in [6.45, 7) is 3.59. The largest absolute Gasteiger partial charge is 0.484 e. The fourth-order valence-corrected chi connectivity index (χ4v) is 5.47. The maximum absolute atomic E-state index is 13.7. The zero-order valence-electron chi connectivity index (χ0n) is 23.9. The van der Waals surface area contributed by atoms with E-state index in [1.165, 1.54) is 4.90 Å². The number of hydrogen-bond acceptors (Lipinski definition) is 7. The zero-order valence-corrected chi connectivity index (χ0v) is 24.7. The van der Waals surface area contributed by atoms with Gasteiger partial charge < -0.3 is 25.6 Å². The second kappa shape index (κ2) is 13.2. The lowest BCUT2D eigenvalue weighted by molar-refractivity contribution is -0.141. The smallest absolute Gasteiger partial charge is 0.261 e. The topological polar surface area (TPSA) is 148 Å². The summed E-state index contributed by atoms with van der Waals surface area (Å²) in [5.41, 5.74) is 1.37. The van der Waals surface area contributed by atoms with Gasteiger partial charge in [-0.05, 0) is 29.7 Å². The molecule has 0 unspecified atom stereocenters. The molecule has 43 heavy (non-hydrogen) atoms. The summed E-state index contributed by atoms with van der Waals surface area (Å²) < 4.78 is 7.28. The number of halogens is 1. The second-order valence-electron chi connectivity index (χ2n) is 11.1. The molecule has 226 valence electrons. The minimum absolute atomic E-state index is 0.0943. The van der Waals surface area contributed by atoms with Crippen LogP contribution in [0, 0.1) is 5.92 Å². The van der Waals surface area contributed by atoms with Gasteiger partial charge >= 0.3 is 0 Å². The third kappa shape index (κ3) is 7.31. The first-order valence-electron chi connectivity index (χ1n) is 14.2. The third-order valence-corrected chi connectivity index (χ3v) is 7.83. The highest BCUT2D eigenvalue weighted by Gasteiger charge is 2.42. The van der Waals surface area contributed by atoms with Gasteiger partial charge in [-0.25, -0.2) is 4.68 Å². The van der Waals surface area contributed by atoms with Gasteiger partial charge in [0, 0.05) is 24.4 Å². The Kier molecular flexibility index (Phi) is 9.24. The van der Waals surface area contributed by atoms with Gasteiger partial charge in [-0.2, -0.15) is 0 Å². The average molecular weight is 608 g/mol. The third-order valence-electron chi connectivity index (χ3n) is 7.60. The number of rotatable bonds is 6. The highest BCUT2D eigenvalue weighted by Crippen LogP contribution is 2.28. The van der Waals surface area contributed by atoms with Crippen molar-refractivity contribution < 1.29 is 23.9 Å². The summed E-state index contributed by atoms with van der Waals surface area (Å²) in [6.07, 6.45) is 2.20. The molecule has 1 saturated heterocycles. The number of nitrogens with zero attached hydrogens (tertiary/aromatic N) is 4. The van der Waals surface area contributed by atoms with Crippen molar-refractivity contribution in [2.24, 2.45) is 5.92 Å². The summed E-state index contributed by atoms with van der Waals surface area (Å²) >= 11 is 6.04. The minimum Gasteiger partial charge on any atom is -0.484 e. The van der Waals surface area contributed by atoms with Crippen LogP contribution in [0.4, 0.5) is 0 Å². The lowest BCUT2D eigenvalue weighted by Gasteiger charge is -2.29. The van der Waals surface area contributed by atoms with Crippen molar-refractivity contribution in [1.29, 1.82) is 0 Å². The molecule has 0 aliphatic carbocycles. The van der Waals surface area contributed by atoms with Gasteiger partial charge in [0.15, 0.2) is 6.61 Å². The first-order chi connectivity index (χ1) is 20.7. The minimum atomic E-state index is -0.945. The number of carbonyl (C=O) groups is 4. The van der Waals surface area contributed by atoms with E-state index in [1.807, 2.05) is 30.3 Å². The van der Waals surface area contributed by atoms with Crippen molar-refractivity contribution >= 4 is 35.2 Å². The molecule has 2 aliphatic heterocycles. The molecule has 2 aliphatic rings. The van der Waals surface area contributed by atoms with Crippen LogP contribution >= 0.6 is 11.6 Å². The molecule has 4 amide bonds. The number of carbonyl (C=O) groups excluding carboxylic acids is 4. The quantitative estimate of drug-likeness (QED) is 0.386. The van der Waals surface area contributed by atoms with E-state index in [2.05, 4.69) is 26.3 Å². The van der Waals surface area contributed by atoms with Crippen LogP contribution in [0.1, 0.15) is 37.6 Å². The Morgan fingerprint density at radius 1 is 1.05 bits per heavy atom. The van der Waals surface area contributed by atoms with Crippen molar-refractivity contribution in [1.82, 2.24) is 35.8 Å². The first kappa shape index (κ1) is 30.0. The molecular weight excluding hydrogens is 574 g/mol. The van der Waals surface area contributed by atoms with E-state index in [0.29, 0.717) is 16.5 Å². The van der Waals surface area contributed by atoms with E-state index in [4.69, 9.17) is 16.3 Å². The number of ether oxygens (including phenoxy) is 1. The molecule has 1 fully saturated rings. The van der Waals surface area contributed by atoms with E-state index in [0.717, 1.165) is 5.56 Å². The maximum atomic E-state index is 13.7. The average Bonchev–Trinajstić information content (AvgIpc) is 3.65. The molecule has 1 aromatic heterocycles. The van der Waals surface area contributed by atoms with Crippen LogP contribution in [0.3, 0.4) is 0 Å². The lowest BCUT2D eigenvalue weighted by Crippen LogP contribution is -2.58. The van der Waals surface area contributed by atoms with Crippen LogP contribution in [-0.2, 0) is 32.1 Å². The van der Waals surface area contributed by atoms with E-state index in [-0.39, 0.29) is 50.4 Å². The molecule has 3 aromatic rings. The fourth-order valence-electron chi connectivity index (χ4n) is 5.29. The van der Waals surface area contributed by atoms with Gasteiger partial charge in [-0.15, -0.1) is 5.10 Å². The summed E-state index contributed by atoms with van der Waals surface area (Å²) in [5, 5.41) is 17.4. The molecule has 2 aromatic carbocycles. The predicted molar refractivity (Wildman–Crippen MR) is 157 cm³/mol. The van der Waals surface area contributed by atoms with Crippen LogP contribution in [0.25, 0.3) is 0 Å². The van der Waals surface area contributed by atoms with Crippen LogP contribution in [0.5, 0.6) is 5.75 Å². The Labute approximate surface area is 254 Å². The van der Waals surface area contributed by atoms with Gasteiger partial charge in [0.2, 0.25) is 17.7 Å². The van der Waals surface area contributed by atoms with Gasteiger partial charge in [0.25, 0.3) is 5.91 Å². The summed E-state index contributed by atoms with van der Waals surface area (Å²) in [4.78, 5) is 55.4. The van der Waals surface area contributed by atoms with Gasteiger partial charge in [0.1, 0.15) is 29.6 Å². The second-order valence-corrected chi connectivity index (χ2v) is 11.5. The van der Waals surface area contributed by atoms with Crippen LogP contribution in [0.2, 0.25) is 5.02 Å². The Hall–Kier alpha value is -4.45. The number of hydrogen-bond donors (Lipinski definition) is 3. The molecule has 0 spiro atoms. The molecule has 4 bridgehead atoms. The Morgan fingerprint density at radius 3 is 2.58 bits per heavy atom. The SMILES string of the molecule is CC(C)[C@@H]1NC(=O)[C@@H]2C[C@@H](CN2C(=O)COc2cccc(Cl)c2)n2cc(nn2)CNC(=O)[C@@H](Cc2ccccc2)NC1=O. The highest BCUT2D eigenvalue weighted by molar-refractivity contribution is 6.30. The molecule has 4 atom stereocenters. The van der Waals surface area contributed by atoms with Crippen molar-refractivity contribution in [3.05, 3.63) is 77.1 Å². The van der Waals surface area contributed by atoms with Crippen molar-refractivity contribution in [3.8, 4) is 5.75 Å². The zero-order chi connectivity index (χ0) is 30.5. The number of nitrogens with one attached hydrogen (secondary N) is 3. The van der Waals surface area contributed by atoms with Crippen molar-refractivity contribution in [3.63, 3.8) is 0 Å². The Balaban J connectivity index is 1.40. The number of amides is 4. The van der Waals surface area contributed by atoms with Gasteiger partial charge in [-0.3, -0.25) is 19.2 Å². The molecule has 3 N–H and O–H groups in total. The Bertz CT molecular complexity index is 1480. The van der Waals surface area contributed by atoms with E-state index in [1.54, 1.807) is 49.0 Å². The van der Waals surface area contributed by atoms with Gasteiger partial charge in [-0.1, -0.05) is 67.1 Å². The molecule has 13 heteroatoms. The number of aromatic nitrogens is 3. The van der Waals surface area contributed by atoms with E-state index in [9.17, 15) is 19.2 Å². The van der Waals surface area contributed by atoms with Gasteiger partial charge in [0.05, 0.1) is 18.8 Å². The first-order valence-corrected chi connectivity index (χ1v) is 14.6. The van der Waals surface area contributed by atoms with Crippen LogP contribution in [0.15, 0.2) is 60.8 Å². The molecule has 12 nitrogen and oxygen atoms in total. The summed E-state index contributed by atoms with van der Waals surface area (Å²) in [5.74, 6) is -1.62. The maximum Gasteiger partial charge on any atom is 0.261 e. The molecule has 5 rings (SSSR count). The molecule has 3 heterocycles. The number of fused-ring (bicyclic) bond motifs is 5. The molecular formula is C30H34ClN7O5. The van der Waals surface area contributed by atoms with Crippen LogP contribution < -0.4 is 20.7 Å². The number of benzene rings is 2. The standard InChI is InChI=1S/C30H34ClN7O5/c1-18(2)27-30(42)33-24(11-19-7-4-3-5-8-19)28(40)32-14-21-15-38(36-35-21)22-13-25(29(41)34-27)37(16-22)26(39)17-43-23-10-6-9-20(31)12-23/h3-10,12,15,18,22,24-25,27H,11,13-14,16-17H2,1-2H3,(H,32,40)(H,33,42)(H,34,41)/t22-,24+,25-,27-/m0/s1. The van der Waals surface area contributed by atoms with E-state index >= 15 is 0 Å².